The van der Waals surface area contributed by atoms with E-state index in [0.29, 0.717) is 17.5 Å². The second kappa shape index (κ2) is 12.6. The summed E-state index contributed by atoms with van der Waals surface area (Å²) in [7, 11) is 0. The number of nitrogens with zero attached hydrogens (tertiary/aromatic N) is 3. The monoisotopic (exact) mass is 747 g/mol. The van der Waals surface area contributed by atoms with Gasteiger partial charge in [-0.1, -0.05) is 127 Å². The van der Waals surface area contributed by atoms with E-state index in [1.807, 2.05) is 96.3 Å². The van der Waals surface area contributed by atoms with E-state index in [1.165, 1.54) is 20.2 Å². The Balaban J connectivity index is 1.10. The smallest absolute Gasteiger partial charge is 0.167 e. The number of hydrogen-bond donors (Lipinski definition) is 0. The van der Waals surface area contributed by atoms with E-state index in [9.17, 15) is 0 Å². The molecule has 12 aromatic rings. The molecule has 0 N–H and O–H groups in total. The quantitative estimate of drug-likeness (QED) is 0.175. The third kappa shape index (κ3) is 5.12. The van der Waals surface area contributed by atoms with Gasteiger partial charge in [0.2, 0.25) is 0 Å². The van der Waals surface area contributed by atoms with Crippen LogP contribution in [0.2, 0.25) is 0 Å². The summed E-state index contributed by atoms with van der Waals surface area (Å²) in [6.45, 7) is 0. The minimum Gasteiger partial charge on any atom is -0.456 e. The molecule has 4 aromatic heterocycles. The van der Waals surface area contributed by atoms with Gasteiger partial charge in [-0.25, -0.2) is 15.0 Å². The van der Waals surface area contributed by atoms with Crippen molar-refractivity contribution in [2.24, 2.45) is 0 Å². The normalized spacial score (nSPS) is 11.9. The molecule has 57 heavy (non-hydrogen) atoms. The standard InChI is InChI=1S/C51H29N3O2S/c1-3-13-30(14-4-1)49-52-50(31-15-5-2-6-16-31)54-51(53-49)38-21-11-20-37-46-35(19-12-23-42(46)56-48(37)38)40-28-33(29-43-47(40)36-18-7-9-22-41(36)55-43)32-25-26-45-39(27-32)34-17-8-10-24-44(34)57-45/h1-29H. The average Bonchev–Trinajstić information content (AvgIpc) is 3.97. The van der Waals surface area contributed by atoms with Gasteiger partial charge in [0, 0.05) is 52.8 Å². The molecule has 0 unspecified atom stereocenters. The molecule has 8 aromatic carbocycles. The summed E-state index contributed by atoms with van der Waals surface area (Å²) < 4.78 is 16.0. The SMILES string of the molecule is c1ccc(-c2nc(-c3ccccc3)nc(-c3cccc4c3oc3cccc(-c5cc(-c6ccc7sc8ccccc8c7c6)cc6oc7ccccc7c56)c34)n2)cc1. The molecule has 0 atom stereocenters. The van der Waals surface area contributed by atoms with E-state index in [0.717, 1.165) is 82.8 Å². The van der Waals surface area contributed by atoms with Crippen LogP contribution in [0, 0.1) is 0 Å². The predicted molar refractivity (Wildman–Crippen MR) is 234 cm³/mol. The lowest BCUT2D eigenvalue weighted by molar-refractivity contribution is 0.668. The molecular formula is C51H29N3O2S. The summed E-state index contributed by atoms with van der Waals surface area (Å²) in [5, 5.41) is 6.70. The predicted octanol–water partition coefficient (Wildman–Crippen LogP) is 14.4. The number of fused-ring (bicyclic) bond motifs is 9. The fourth-order valence-corrected chi connectivity index (χ4v) is 9.40. The van der Waals surface area contributed by atoms with Crippen LogP contribution in [0.1, 0.15) is 0 Å². The molecule has 0 aliphatic carbocycles. The summed E-state index contributed by atoms with van der Waals surface area (Å²) in [6, 6.07) is 60.9. The zero-order valence-electron chi connectivity index (χ0n) is 30.3. The molecule has 0 amide bonds. The number of hydrogen-bond acceptors (Lipinski definition) is 6. The summed E-state index contributed by atoms with van der Waals surface area (Å²) in [5.41, 5.74) is 10.2. The summed E-state index contributed by atoms with van der Waals surface area (Å²) in [4.78, 5) is 15.0. The van der Waals surface area contributed by atoms with Gasteiger partial charge in [-0.05, 0) is 70.8 Å². The van der Waals surface area contributed by atoms with Gasteiger partial charge in [0.15, 0.2) is 17.5 Å². The minimum absolute atomic E-state index is 0.551. The van der Waals surface area contributed by atoms with Crippen molar-refractivity contribution in [1.82, 2.24) is 15.0 Å². The lowest BCUT2D eigenvalue weighted by atomic mass is 9.91. The van der Waals surface area contributed by atoms with Crippen molar-refractivity contribution >= 4 is 75.4 Å². The highest BCUT2D eigenvalue weighted by Crippen LogP contribution is 2.46. The van der Waals surface area contributed by atoms with Crippen molar-refractivity contribution in [3.8, 4) is 56.4 Å². The lowest BCUT2D eigenvalue weighted by Gasteiger charge is -2.11. The Morgan fingerprint density at radius 3 is 1.75 bits per heavy atom. The lowest BCUT2D eigenvalue weighted by Crippen LogP contribution is -2.00. The largest absolute Gasteiger partial charge is 0.456 e. The van der Waals surface area contributed by atoms with Gasteiger partial charge < -0.3 is 8.83 Å². The fraction of sp³-hybridized carbons (Fsp3) is 0. The second-order valence-electron chi connectivity index (χ2n) is 14.3. The van der Waals surface area contributed by atoms with Crippen molar-refractivity contribution in [1.29, 1.82) is 0 Å². The molecular weight excluding hydrogens is 719 g/mol. The van der Waals surface area contributed by atoms with Crippen LogP contribution in [0.15, 0.2) is 185 Å². The van der Waals surface area contributed by atoms with E-state index < -0.39 is 0 Å². The maximum absolute atomic E-state index is 6.84. The van der Waals surface area contributed by atoms with Gasteiger partial charge in [-0.3, -0.25) is 0 Å². The summed E-state index contributed by atoms with van der Waals surface area (Å²) in [5.74, 6) is 1.76. The zero-order valence-corrected chi connectivity index (χ0v) is 31.1. The number of benzene rings is 8. The molecule has 0 saturated heterocycles. The van der Waals surface area contributed by atoms with Crippen LogP contribution >= 0.6 is 11.3 Å². The molecule has 0 bridgehead atoms. The highest BCUT2D eigenvalue weighted by Gasteiger charge is 2.22. The molecule has 0 aliphatic heterocycles. The topological polar surface area (TPSA) is 65.0 Å². The van der Waals surface area contributed by atoms with Crippen LogP contribution in [0.3, 0.4) is 0 Å². The third-order valence-electron chi connectivity index (χ3n) is 10.9. The Morgan fingerprint density at radius 1 is 0.333 bits per heavy atom. The Morgan fingerprint density at radius 2 is 0.947 bits per heavy atom. The first-order valence-corrected chi connectivity index (χ1v) is 19.7. The molecule has 0 saturated carbocycles. The Kier molecular flexibility index (Phi) is 7.03. The van der Waals surface area contributed by atoms with Gasteiger partial charge in [-0.2, -0.15) is 0 Å². The van der Waals surface area contributed by atoms with Crippen molar-refractivity contribution in [3.63, 3.8) is 0 Å². The molecule has 0 spiro atoms. The van der Waals surface area contributed by atoms with Crippen molar-refractivity contribution in [2.75, 3.05) is 0 Å². The third-order valence-corrected chi connectivity index (χ3v) is 12.1. The van der Waals surface area contributed by atoms with Crippen molar-refractivity contribution in [3.05, 3.63) is 176 Å². The van der Waals surface area contributed by atoms with E-state index in [4.69, 9.17) is 23.8 Å². The highest BCUT2D eigenvalue weighted by molar-refractivity contribution is 7.25. The fourth-order valence-electron chi connectivity index (χ4n) is 8.32. The maximum atomic E-state index is 6.84. The zero-order chi connectivity index (χ0) is 37.5. The van der Waals surface area contributed by atoms with Crippen LogP contribution in [-0.2, 0) is 0 Å². The molecule has 266 valence electrons. The number of para-hydroxylation sites is 2. The van der Waals surface area contributed by atoms with Gasteiger partial charge in [0.25, 0.3) is 0 Å². The molecule has 0 radical (unpaired) electrons. The van der Waals surface area contributed by atoms with E-state index in [2.05, 4.69) is 91.0 Å². The van der Waals surface area contributed by atoms with Crippen molar-refractivity contribution < 1.29 is 8.83 Å². The Labute approximate surface area is 330 Å². The second-order valence-corrected chi connectivity index (χ2v) is 15.4. The van der Waals surface area contributed by atoms with Crippen LogP contribution < -0.4 is 0 Å². The van der Waals surface area contributed by atoms with Crippen LogP contribution in [0.25, 0.3) is 120 Å². The first kappa shape index (κ1) is 31.9. The van der Waals surface area contributed by atoms with E-state index in [-0.39, 0.29) is 0 Å². The number of aromatic nitrogens is 3. The van der Waals surface area contributed by atoms with Crippen molar-refractivity contribution in [2.45, 2.75) is 0 Å². The van der Waals surface area contributed by atoms with Gasteiger partial charge in [0.1, 0.15) is 22.3 Å². The molecule has 5 nitrogen and oxygen atoms in total. The van der Waals surface area contributed by atoms with Gasteiger partial charge in [0.05, 0.1) is 5.56 Å². The maximum Gasteiger partial charge on any atom is 0.167 e. The van der Waals surface area contributed by atoms with E-state index >= 15 is 0 Å². The Bertz CT molecular complexity index is 3470. The first-order valence-electron chi connectivity index (χ1n) is 18.9. The number of thiophene rings is 1. The molecule has 0 aliphatic rings. The summed E-state index contributed by atoms with van der Waals surface area (Å²) >= 11 is 1.83. The average molecular weight is 748 g/mol. The first-order chi connectivity index (χ1) is 28.2. The molecule has 12 rings (SSSR count). The van der Waals surface area contributed by atoms with Gasteiger partial charge >= 0.3 is 0 Å². The van der Waals surface area contributed by atoms with E-state index in [1.54, 1.807) is 0 Å². The molecule has 0 fully saturated rings. The van der Waals surface area contributed by atoms with Crippen LogP contribution in [0.4, 0.5) is 0 Å². The summed E-state index contributed by atoms with van der Waals surface area (Å²) in [6.07, 6.45) is 0. The number of rotatable bonds is 5. The molecule has 4 heterocycles. The Hall–Kier alpha value is -7.41. The highest BCUT2D eigenvalue weighted by atomic mass is 32.1. The number of furan rings is 2. The van der Waals surface area contributed by atoms with Gasteiger partial charge in [-0.15, -0.1) is 11.3 Å². The van der Waals surface area contributed by atoms with Crippen LogP contribution in [0.5, 0.6) is 0 Å². The molecule has 6 heteroatoms. The minimum atomic E-state index is 0.551. The van der Waals surface area contributed by atoms with Crippen LogP contribution in [-0.4, -0.2) is 15.0 Å².